The van der Waals surface area contributed by atoms with Gasteiger partial charge in [-0.15, -0.1) is 11.8 Å². The molecule has 0 saturated heterocycles. The lowest BCUT2D eigenvalue weighted by atomic mass is 10.3. The van der Waals surface area contributed by atoms with E-state index in [1.807, 2.05) is 12.1 Å². The normalized spacial score (nSPS) is 12.8. The highest BCUT2D eigenvalue weighted by Gasteiger charge is 1.97. The van der Waals surface area contributed by atoms with Gasteiger partial charge < -0.3 is 10.2 Å². The van der Waals surface area contributed by atoms with Crippen molar-refractivity contribution in [1.29, 1.82) is 0 Å². The van der Waals surface area contributed by atoms with E-state index in [2.05, 4.69) is 0 Å². The van der Waals surface area contributed by atoms with Crippen molar-refractivity contribution in [2.24, 2.45) is 0 Å². The Labute approximate surface area is 76.2 Å². The molecule has 2 N–H and O–H groups in total. The first-order valence-corrected chi connectivity index (χ1v) is 4.77. The molecule has 0 bridgehead atoms. The second kappa shape index (κ2) is 4.38. The van der Waals surface area contributed by atoms with Gasteiger partial charge in [-0.1, -0.05) is 0 Å². The molecule has 0 aliphatic heterocycles. The van der Waals surface area contributed by atoms with E-state index in [0.29, 0.717) is 5.75 Å². The smallest absolute Gasteiger partial charge is 0.115 e. The lowest BCUT2D eigenvalue weighted by Gasteiger charge is -2.03. The Morgan fingerprint density at radius 2 is 1.92 bits per heavy atom. The molecule has 0 aliphatic carbocycles. The molecule has 1 unspecified atom stereocenters. The first-order chi connectivity index (χ1) is 5.68. The monoisotopic (exact) mass is 184 g/mol. The quantitative estimate of drug-likeness (QED) is 0.704. The van der Waals surface area contributed by atoms with Crippen LogP contribution in [0.3, 0.4) is 0 Å². The van der Waals surface area contributed by atoms with Crippen LogP contribution in [0, 0.1) is 0 Å². The van der Waals surface area contributed by atoms with Gasteiger partial charge in [-0.25, -0.2) is 0 Å². The summed E-state index contributed by atoms with van der Waals surface area (Å²) in [6.07, 6.45) is -0.288. The van der Waals surface area contributed by atoms with Crippen molar-refractivity contribution < 1.29 is 10.2 Å². The number of aromatic hydroxyl groups is 1. The SMILES string of the molecule is CC(O)CSc1ccc(O)cc1. The number of rotatable bonds is 3. The van der Waals surface area contributed by atoms with Crippen molar-refractivity contribution in [1.82, 2.24) is 0 Å². The minimum absolute atomic E-state index is 0.274. The fraction of sp³-hybridized carbons (Fsp3) is 0.333. The van der Waals surface area contributed by atoms with Crippen molar-refractivity contribution in [3.05, 3.63) is 24.3 Å². The van der Waals surface area contributed by atoms with Gasteiger partial charge in [0.05, 0.1) is 6.10 Å². The van der Waals surface area contributed by atoms with Crippen LogP contribution < -0.4 is 0 Å². The van der Waals surface area contributed by atoms with E-state index in [9.17, 15) is 0 Å². The highest BCUT2D eigenvalue weighted by atomic mass is 32.2. The molecule has 1 rings (SSSR count). The van der Waals surface area contributed by atoms with Gasteiger partial charge in [-0.05, 0) is 31.2 Å². The van der Waals surface area contributed by atoms with E-state index in [0.717, 1.165) is 4.90 Å². The highest BCUT2D eigenvalue weighted by Crippen LogP contribution is 2.20. The number of hydrogen-bond acceptors (Lipinski definition) is 3. The Hall–Kier alpha value is -0.670. The van der Waals surface area contributed by atoms with E-state index in [4.69, 9.17) is 10.2 Å². The third-order valence-corrected chi connectivity index (χ3v) is 2.58. The summed E-state index contributed by atoms with van der Waals surface area (Å²) in [7, 11) is 0. The largest absolute Gasteiger partial charge is 0.508 e. The van der Waals surface area contributed by atoms with Crippen molar-refractivity contribution in [3.63, 3.8) is 0 Å². The van der Waals surface area contributed by atoms with Crippen LogP contribution in [0.25, 0.3) is 0 Å². The van der Waals surface area contributed by atoms with Gasteiger partial charge in [0, 0.05) is 10.6 Å². The van der Waals surface area contributed by atoms with Crippen LogP contribution >= 0.6 is 11.8 Å². The molecule has 0 aliphatic rings. The van der Waals surface area contributed by atoms with Gasteiger partial charge in [0.25, 0.3) is 0 Å². The summed E-state index contributed by atoms with van der Waals surface area (Å²) in [4.78, 5) is 1.06. The Morgan fingerprint density at radius 3 is 2.42 bits per heavy atom. The summed E-state index contributed by atoms with van der Waals surface area (Å²) < 4.78 is 0. The molecule has 3 heteroatoms. The molecule has 0 radical (unpaired) electrons. The first kappa shape index (κ1) is 9.42. The van der Waals surface area contributed by atoms with Gasteiger partial charge in [0.2, 0.25) is 0 Å². The van der Waals surface area contributed by atoms with Crippen LogP contribution in [0.1, 0.15) is 6.92 Å². The molecule has 0 saturated carbocycles. The fourth-order valence-corrected chi connectivity index (χ4v) is 1.52. The zero-order valence-electron chi connectivity index (χ0n) is 6.90. The molecule has 0 spiro atoms. The standard InChI is InChI=1S/C9H12O2S/c1-7(10)6-12-9-4-2-8(11)3-5-9/h2-5,7,10-11H,6H2,1H3. The second-order valence-corrected chi connectivity index (χ2v) is 3.75. The zero-order valence-corrected chi connectivity index (χ0v) is 7.71. The van der Waals surface area contributed by atoms with Crippen LogP contribution in [0.4, 0.5) is 0 Å². The summed E-state index contributed by atoms with van der Waals surface area (Å²) in [6.45, 7) is 1.76. The topological polar surface area (TPSA) is 40.5 Å². The summed E-state index contributed by atoms with van der Waals surface area (Å²) >= 11 is 1.58. The lowest BCUT2D eigenvalue weighted by Crippen LogP contribution is -2.01. The molecule has 1 atom stereocenters. The second-order valence-electron chi connectivity index (χ2n) is 2.65. The number of aliphatic hydroxyl groups is 1. The minimum Gasteiger partial charge on any atom is -0.508 e. The molecule has 12 heavy (non-hydrogen) atoms. The minimum atomic E-state index is -0.288. The van der Waals surface area contributed by atoms with Crippen molar-refractivity contribution in [3.8, 4) is 5.75 Å². The van der Waals surface area contributed by atoms with Crippen LogP contribution in [-0.2, 0) is 0 Å². The van der Waals surface area contributed by atoms with Crippen LogP contribution in [0.2, 0.25) is 0 Å². The van der Waals surface area contributed by atoms with Gasteiger partial charge in [0.15, 0.2) is 0 Å². The maximum absolute atomic E-state index is 9.00. The van der Waals surface area contributed by atoms with Crippen LogP contribution in [-0.4, -0.2) is 22.1 Å². The summed E-state index contributed by atoms with van der Waals surface area (Å²) in [5, 5.41) is 18.0. The maximum Gasteiger partial charge on any atom is 0.115 e. The van der Waals surface area contributed by atoms with Crippen molar-refractivity contribution >= 4 is 11.8 Å². The van der Waals surface area contributed by atoms with Crippen molar-refractivity contribution in [2.45, 2.75) is 17.9 Å². The predicted octanol–water partition coefficient (Wildman–Crippen LogP) is 1.87. The third kappa shape index (κ3) is 3.15. The highest BCUT2D eigenvalue weighted by molar-refractivity contribution is 7.99. The van der Waals surface area contributed by atoms with Gasteiger partial charge in [-0.2, -0.15) is 0 Å². The Kier molecular flexibility index (Phi) is 3.44. The fourth-order valence-electron chi connectivity index (χ4n) is 0.759. The number of thioether (sulfide) groups is 1. The van der Waals surface area contributed by atoms with Gasteiger partial charge in [0.1, 0.15) is 5.75 Å². The molecular weight excluding hydrogens is 172 g/mol. The Balaban J connectivity index is 2.48. The average Bonchev–Trinajstić information content (AvgIpc) is 2.03. The molecular formula is C9H12O2S. The summed E-state index contributed by atoms with van der Waals surface area (Å²) in [6, 6.07) is 6.96. The molecule has 0 amide bonds. The molecule has 66 valence electrons. The molecule has 0 fully saturated rings. The van der Waals surface area contributed by atoms with Crippen LogP contribution in [0.15, 0.2) is 29.2 Å². The number of aliphatic hydroxyl groups excluding tert-OH is 1. The number of hydrogen-bond donors (Lipinski definition) is 2. The van der Waals surface area contributed by atoms with Gasteiger partial charge in [-0.3, -0.25) is 0 Å². The number of benzene rings is 1. The van der Waals surface area contributed by atoms with Crippen LogP contribution in [0.5, 0.6) is 5.75 Å². The first-order valence-electron chi connectivity index (χ1n) is 3.78. The van der Waals surface area contributed by atoms with Crippen molar-refractivity contribution in [2.75, 3.05) is 5.75 Å². The Morgan fingerprint density at radius 1 is 1.33 bits per heavy atom. The maximum atomic E-state index is 9.00. The number of phenols is 1. The van der Waals surface area contributed by atoms with E-state index in [-0.39, 0.29) is 11.9 Å². The number of phenolic OH excluding ortho intramolecular Hbond substituents is 1. The molecule has 0 aromatic heterocycles. The van der Waals surface area contributed by atoms with Gasteiger partial charge >= 0.3 is 0 Å². The summed E-state index contributed by atoms with van der Waals surface area (Å²) in [5.41, 5.74) is 0. The molecule has 0 heterocycles. The van der Waals surface area contributed by atoms with E-state index >= 15 is 0 Å². The molecule has 1 aromatic carbocycles. The predicted molar refractivity (Wildman–Crippen MR) is 50.5 cm³/mol. The Bertz CT molecular complexity index is 231. The third-order valence-electron chi connectivity index (χ3n) is 1.33. The molecule has 1 aromatic rings. The average molecular weight is 184 g/mol. The molecule has 2 nitrogen and oxygen atoms in total. The zero-order chi connectivity index (χ0) is 8.97. The summed E-state index contributed by atoms with van der Waals surface area (Å²) in [5.74, 6) is 0.960. The lowest BCUT2D eigenvalue weighted by molar-refractivity contribution is 0.220. The van der Waals surface area contributed by atoms with E-state index in [1.165, 1.54) is 0 Å². The van der Waals surface area contributed by atoms with E-state index in [1.54, 1.807) is 30.8 Å². The van der Waals surface area contributed by atoms with E-state index < -0.39 is 0 Å².